The van der Waals surface area contributed by atoms with Gasteiger partial charge in [-0.3, -0.25) is 9.20 Å². The topological polar surface area (TPSA) is 69.0 Å². The summed E-state index contributed by atoms with van der Waals surface area (Å²) in [7, 11) is 0. The number of carbonyl (C=O) groups is 1. The lowest BCUT2D eigenvalue weighted by Gasteiger charge is -2.35. The van der Waals surface area contributed by atoms with E-state index in [4.69, 9.17) is 9.47 Å². The van der Waals surface area contributed by atoms with Gasteiger partial charge in [0.15, 0.2) is 17.1 Å². The molecule has 0 radical (unpaired) electrons. The average molecular weight is 364 g/mol. The molecule has 0 saturated carbocycles. The van der Waals surface area contributed by atoms with Crippen LogP contribution in [0.25, 0.3) is 5.65 Å². The normalized spacial score (nSPS) is 22.0. The number of piperidine rings is 1. The van der Waals surface area contributed by atoms with Crippen molar-refractivity contribution in [1.82, 2.24) is 19.5 Å². The maximum absolute atomic E-state index is 13.0. The molecule has 0 unspecified atom stereocenters. The number of aromatic nitrogens is 3. The van der Waals surface area contributed by atoms with Crippen LogP contribution in [0.2, 0.25) is 0 Å². The number of hydrogen-bond acceptors (Lipinski definition) is 5. The van der Waals surface area contributed by atoms with Crippen LogP contribution in [0.5, 0.6) is 11.5 Å². The highest BCUT2D eigenvalue weighted by molar-refractivity contribution is 5.82. The van der Waals surface area contributed by atoms with Gasteiger partial charge in [0.1, 0.15) is 12.4 Å². The number of nitrogens with zero attached hydrogens (tertiary/aromatic N) is 4. The van der Waals surface area contributed by atoms with Gasteiger partial charge < -0.3 is 14.4 Å². The van der Waals surface area contributed by atoms with Crippen LogP contribution in [0.15, 0.2) is 48.7 Å². The monoisotopic (exact) mass is 364 g/mol. The van der Waals surface area contributed by atoms with Gasteiger partial charge in [0.2, 0.25) is 6.10 Å². The van der Waals surface area contributed by atoms with E-state index in [1.54, 1.807) is 0 Å². The summed E-state index contributed by atoms with van der Waals surface area (Å²) in [5, 5.41) is 8.62. The molecule has 2 aromatic heterocycles. The van der Waals surface area contributed by atoms with Crippen LogP contribution in [0, 0.1) is 0 Å². The Balaban J connectivity index is 1.33. The summed E-state index contributed by atoms with van der Waals surface area (Å²) in [6.07, 6.45) is 3.29. The largest absolute Gasteiger partial charge is 0.485 e. The van der Waals surface area contributed by atoms with E-state index in [0.717, 1.165) is 30.9 Å². The molecule has 0 N–H and O–H groups in total. The molecule has 0 spiro atoms. The van der Waals surface area contributed by atoms with E-state index in [2.05, 4.69) is 10.2 Å². The van der Waals surface area contributed by atoms with Crippen LogP contribution in [-0.4, -0.2) is 51.2 Å². The van der Waals surface area contributed by atoms with Gasteiger partial charge in [-0.1, -0.05) is 18.2 Å². The molecule has 1 aromatic carbocycles. The number of ether oxygens (including phenoxy) is 2. The van der Waals surface area contributed by atoms with Gasteiger partial charge in [0.05, 0.1) is 0 Å². The Labute approximate surface area is 156 Å². The van der Waals surface area contributed by atoms with Crippen LogP contribution in [-0.2, 0) is 4.79 Å². The molecule has 5 rings (SSSR count). The number of benzene rings is 1. The van der Waals surface area contributed by atoms with Gasteiger partial charge in [-0.2, -0.15) is 0 Å². The van der Waals surface area contributed by atoms with E-state index in [0.29, 0.717) is 18.0 Å². The molecule has 2 aliphatic rings. The molecule has 3 aromatic rings. The van der Waals surface area contributed by atoms with Gasteiger partial charge >= 0.3 is 0 Å². The molecule has 138 valence electrons. The molecular formula is C20H20N4O3. The highest BCUT2D eigenvalue weighted by atomic mass is 16.6. The Hall–Kier alpha value is -3.09. The van der Waals surface area contributed by atoms with Gasteiger partial charge in [-0.15, -0.1) is 10.2 Å². The molecule has 1 fully saturated rings. The van der Waals surface area contributed by atoms with E-state index < -0.39 is 6.10 Å². The summed E-state index contributed by atoms with van der Waals surface area (Å²) in [6.45, 7) is 1.59. The number of amides is 1. The second kappa shape index (κ2) is 6.57. The summed E-state index contributed by atoms with van der Waals surface area (Å²) in [6, 6.07) is 13.3. The lowest BCUT2D eigenvalue weighted by Crippen LogP contribution is -2.49. The maximum atomic E-state index is 13.0. The predicted octanol–water partition coefficient (Wildman–Crippen LogP) is 2.28. The highest BCUT2D eigenvalue weighted by Gasteiger charge is 2.34. The van der Waals surface area contributed by atoms with Crippen molar-refractivity contribution in [1.29, 1.82) is 0 Å². The first-order chi connectivity index (χ1) is 13.3. The van der Waals surface area contributed by atoms with E-state index in [1.807, 2.05) is 58.0 Å². The molecule has 2 aliphatic heterocycles. The van der Waals surface area contributed by atoms with Gasteiger partial charge in [-0.25, -0.2) is 0 Å². The van der Waals surface area contributed by atoms with Crippen LogP contribution in [0.3, 0.4) is 0 Å². The molecule has 7 heteroatoms. The number of likely N-dealkylation sites (tertiary alicyclic amines) is 1. The Bertz CT molecular complexity index is 986. The third-order valence-electron chi connectivity index (χ3n) is 5.22. The molecular weight excluding hydrogens is 344 g/mol. The van der Waals surface area contributed by atoms with Gasteiger partial charge in [0.25, 0.3) is 5.91 Å². The molecule has 7 nitrogen and oxygen atoms in total. The number of hydrogen-bond donors (Lipinski definition) is 0. The van der Waals surface area contributed by atoms with Crippen LogP contribution in [0.1, 0.15) is 24.6 Å². The quantitative estimate of drug-likeness (QED) is 0.698. The molecule has 27 heavy (non-hydrogen) atoms. The molecule has 1 amide bonds. The van der Waals surface area contributed by atoms with Crippen molar-refractivity contribution < 1.29 is 14.3 Å². The fourth-order valence-corrected chi connectivity index (χ4v) is 3.87. The van der Waals surface area contributed by atoms with Crippen LogP contribution < -0.4 is 9.47 Å². The second-order valence-corrected chi connectivity index (χ2v) is 6.97. The zero-order chi connectivity index (χ0) is 18.2. The van der Waals surface area contributed by atoms with Crippen molar-refractivity contribution in [2.24, 2.45) is 0 Å². The number of carbonyl (C=O) groups excluding carboxylic acids is 1. The van der Waals surface area contributed by atoms with E-state index in [1.165, 1.54) is 0 Å². The lowest BCUT2D eigenvalue weighted by molar-refractivity contribution is -0.142. The molecule has 2 atom stereocenters. The van der Waals surface area contributed by atoms with Crippen LogP contribution in [0.4, 0.5) is 0 Å². The molecule has 1 saturated heterocycles. The number of pyridine rings is 1. The Morgan fingerprint density at radius 1 is 1.07 bits per heavy atom. The van der Waals surface area contributed by atoms with E-state index in [9.17, 15) is 4.79 Å². The summed E-state index contributed by atoms with van der Waals surface area (Å²) >= 11 is 0. The van der Waals surface area contributed by atoms with Crippen molar-refractivity contribution in [3.63, 3.8) is 0 Å². The van der Waals surface area contributed by atoms with Crippen molar-refractivity contribution in [2.45, 2.75) is 24.9 Å². The second-order valence-electron chi connectivity index (χ2n) is 6.97. The first kappa shape index (κ1) is 16.1. The fourth-order valence-electron chi connectivity index (χ4n) is 3.87. The van der Waals surface area contributed by atoms with Crippen molar-refractivity contribution >= 4 is 11.6 Å². The number of fused-ring (bicyclic) bond motifs is 2. The minimum atomic E-state index is -0.603. The number of para-hydroxylation sites is 2. The highest BCUT2D eigenvalue weighted by Crippen LogP contribution is 2.32. The van der Waals surface area contributed by atoms with E-state index in [-0.39, 0.29) is 18.4 Å². The van der Waals surface area contributed by atoms with E-state index >= 15 is 0 Å². The first-order valence-corrected chi connectivity index (χ1v) is 9.26. The first-order valence-electron chi connectivity index (χ1n) is 9.26. The molecule has 0 aliphatic carbocycles. The van der Waals surface area contributed by atoms with Gasteiger partial charge in [-0.05, 0) is 37.1 Å². The van der Waals surface area contributed by atoms with Crippen LogP contribution >= 0.6 is 0 Å². The average Bonchev–Trinajstić information content (AvgIpc) is 3.17. The fraction of sp³-hybridized carbons (Fsp3) is 0.350. The zero-order valence-electron chi connectivity index (χ0n) is 14.8. The number of rotatable bonds is 2. The summed E-state index contributed by atoms with van der Waals surface area (Å²) in [5.41, 5.74) is 0.830. The van der Waals surface area contributed by atoms with Crippen molar-refractivity contribution in [3.8, 4) is 11.5 Å². The SMILES string of the molecule is O=C([C@@H]1COc2ccccc2O1)N1CCC[C@H](c2nnc3ccccn23)C1. The minimum Gasteiger partial charge on any atom is -0.485 e. The Morgan fingerprint density at radius 3 is 2.85 bits per heavy atom. The van der Waals surface area contributed by atoms with Gasteiger partial charge in [0, 0.05) is 25.2 Å². The van der Waals surface area contributed by atoms with Crippen molar-refractivity contribution in [2.75, 3.05) is 19.7 Å². The Kier molecular flexibility index (Phi) is 3.92. The van der Waals surface area contributed by atoms with Crippen molar-refractivity contribution in [3.05, 3.63) is 54.5 Å². The Morgan fingerprint density at radius 2 is 1.93 bits per heavy atom. The smallest absolute Gasteiger partial charge is 0.267 e. The predicted molar refractivity (Wildman–Crippen MR) is 97.9 cm³/mol. The summed E-state index contributed by atoms with van der Waals surface area (Å²) in [5.74, 6) is 2.36. The zero-order valence-corrected chi connectivity index (χ0v) is 14.8. The maximum Gasteiger partial charge on any atom is 0.267 e. The standard InChI is InChI=1S/C20H20N4O3/c25-20(17-13-26-15-7-1-2-8-16(15)27-17)23-10-5-6-14(12-23)19-22-21-18-9-3-4-11-24(18)19/h1-4,7-9,11,14,17H,5-6,10,12-13H2/t14-,17-/m0/s1. The molecule has 0 bridgehead atoms. The third kappa shape index (κ3) is 2.89. The lowest BCUT2D eigenvalue weighted by atomic mass is 9.96. The summed E-state index contributed by atoms with van der Waals surface area (Å²) < 4.78 is 13.6. The summed E-state index contributed by atoms with van der Waals surface area (Å²) in [4.78, 5) is 14.9. The molecule has 4 heterocycles. The third-order valence-corrected chi connectivity index (χ3v) is 5.22. The minimum absolute atomic E-state index is 0.0250.